The highest BCUT2D eigenvalue weighted by Gasteiger charge is 2.16. The van der Waals surface area contributed by atoms with Crippen LogP contribution in [0.15, 0.2) is 46.5 Å². The van der Waals surface area contributed by atoms with Crippen LogP contribution in [0.25, 0.3) is 11.0 Å². The van der Waals surface area contributed by atoms with Crippen molar-refractivity contribution < 1.29 is 4.42 Å². The van der Waals surface area contributed by atoms with Crippen LogP contribution in [0.2, 0.25) is 0 Å². The Kier molecular flexibility index (Phi) is 3.62. The average molecular weight is 272 g/mol. The maximum absolute atomic E-state index is 5.95. The SMILES string of the molecule is CCNC(Cc1cncs1)c1cc2ccccc2o1. The molecule has 3 aromatic rings. The lowest BCUT2D eigenvalue weighted by atomic mass is 10.1. The van der Waals surface area contributed by atoms with Gasteiger partial charge >= 0.3 is 0 Å². The number of likely N-dealkylation sites (N-methyl/N-ethyl adjacent to an activating group) is 1. The standard InChI is InChI=1S/C15H16N2OS/c1-2-17-13(8-12-9-16-10-19-12)15-7-11-5-3-4-6-14(11)18-15/h3-7,9-10,13,17H,2,8H2,1H3. The highest BCUT2D eigenvalue weighted by Crippen LogP contribution is 2.26. The van der Waals surface area contributed by atoms with Gasteiger partial charge in [-0.05, 0) is 18.7 Å². The molecule has 1 atom stereocenters. The van der Waals surface area contributed by atoms with Gasteiger partial charge in [-0.2, -0.15) is 0 Å². The third-order valence-electron chi connectivity index (χ3n) is 3.13. The van der Waals surface area contributed by atoms with Crippen molar-refractivity contribution >= 4 is 22.3 Å². The Balaban J connectivity index is 1.90. The number of nitrogens with zero attached hydrogens (tertiary/aromatic N) is 1. The van der Waals surface area contributed by atoms with Gasteiger partial charge in [0.1, 0.15) is 11.3 Å². The lowest BCUT2D eigenvalue weighted by molar-refractivity contribution is 0.436. The lowest BCUT2D eigenvalue weighted by Gasteiger charge is -2.13. The minimum absolute atomic E-state index is 0.206. The van der Waals surface area contributed by atoms with Gasteiger partial charge in [0.05, 0.1) is 11.6 Å². The summed E-state index contributed by atoms with van der Waals surface area (Å²) in [5, 5.41) is 4.64. The molecular weight excluding hydrogens is 256 g/mol. The average Bonchev–Trinajstić information content (AvgIpc) is 3.06. The van der Waals surface area contributed by atoms with Gasteiger partial charge in [0, 0.05) is 22.9 Å². The lowest BCUT2D eigenvalue weighted by Crippen LogP contribution is -2.22. The van der Waals surface area contributed by atoms with E-state index in [1.54, 1.807) is 11.3 Å². The third kappa shape index (κ3) is 2.69. The quantitative estimate of drug-likeness (QED) is 0.768. The van der Waals surface area contributed by atoms with Crippen LogP contribution in [0.4, 0.5) is 0 Å². The fraction of sp³-hybridized carbons (Fsp3) is 0.267. The van der Waals surface area contributed by atoms with Crippen molar-refractivity contribution in [1.29, 1.82) is 0 Å². The van der Waals surface area contributed by atoms with Gasteiger partial charge in [-0.3, -0.25) is 4.98 Å². The number of nitrogens with one attached hydrogen (secondary N) is 1. The summed E-state index contributed by atoms with van der Waals surface area (Å²) in [6.07, 6.45) is 2.84. The molecular formula is C15H16N2OS. The van der Waals surface area contributed by atoms with Crippen molar-refractivity contribution in [3.8, 4) is 0 Å². The fourth-order valence-electron chi connectivity index (χ4n) is 2.24. The van der Waals surface area contributed by atoms with Crippen molar-refractivity contribution in [2.45, 2.75) is 19.4 Å². The third-order valence-corrected chi connectivity index (χ3v) is 3.93. The Morgan fingerprint density at radius 2 is 2.26 bits per heavy atom. The summed E-state index contributed by atoms with van der Waals surface area (Å²) in [5.74, 6) is 0.997. The molecule has 0 aliphatic carbocycles. The van der Waals surface area contributed by atoms with Crippen LogP contribution in [0.3, 0.4) is 0 Å². The maximum Gasteiger partial charge on any atom is 0.134 e. The zero-order chi connectivity index (χ0) is 13.1. The Hall–Kier alpha value is -1.65. The van der Waals surface area contributed by atoms with Gasteiger partial charge in [-0.15, -0.1) is 11.3 Å². The highest BCUT2D eigenvalue weighted by atomic mass is 32.1. The molecule has 2 heterocycles. The second-order valence-electron chi connectivity index (χ2n) is 4.47. The molecule has 0 fully saturated rings. The Morgan fingerprint density at radius 1 is 1.37 bits per heavy atom. The van der Waals surface area contributed by atoms with Gasteiger partial charge in [0.15, 0.2) is 0 Å². The number of para-hydroxylation sites is 1. The predicted octanol–water partition coefficient (Wildman–Crippen LogP) is 3.78. The molecule has 1 N–H and O–H groups in total. The molecule has 0 amide bonds. The van der Waals surface area contributed by atoms with E-state index in [-0.39, 0.29) is 6.04 Å². The first-order valence-corrected chi connectivity index (χ1v) is 7.34. The first-order valence-electron chi connectivity index (χ1n) is 6.46. The van der Waals surface area contributed by atoms with Gasteiger partial charge in [-0.25, -0.2) is 0 Å². The summed E-state index contributed by atoms with van der Waals surface area (Å²) < 4.78 is 5.95. The molecule has 3 rings (SSSR count). The van der Waals surface area contributed by atoms with Gasteiger partial charge in [-0.1, -0.05) is 25.1 Å². The van der Waals surface area contributed by atoms with E-state index in [4.69, 9.17) is 4.42 Å². The van der Waals surface area contributed by atoms with Crippen LogP contribution in [0, 0.1) is 0 Å². The van der Waals surface area contributed by atoms with E-state index in [2.05, 4.69) is 29.4 Å². The summed E-state index contributed by atoms with van der Waals surface area (Å²) in [6.45, 7) is 3.03. The zero-order valence-corrected chi connectivity index (χ0v) is 11.6. The number of fused-ring (bicyclic) bond motifs is 1. The molecule has 2 aromatic heterocycles. The van der Waals surface area contributed by atoms with Crippen molar-refractivity contribution in [3.63, 3.8) is 0 Å². The summed E-state index contributed by atoms with van der Waals surface area (Å²) in [7, 11) is 0. The van der Waals surface area contributed by atoms with E-state index < -0.39 is 0 Å². The smallest absolute Gasteiger partial charge is 0.134 e. The molecule has 0 saturated carbocycles. The number of hydrogen-bond donors (Lipinski definition) is 1. The molecule has 98 valence electrons. The van der Waals surface area contributed by atoms with E-state index >= 15 is 0 Å². The highest BCUT2D eigenvalue weighted by molar-refractivity contribution is 7.09. The van der Waals surface area contributed by atoms with Crippen LogP contribution in [-0.2, 0) is 6.42 Å². The number of hydrogen-bond acceptors (Lipinski definition) is 4. The van der Waals surface area contributed by atoms with Crippen molar-refractivity contribution in [2.24, 2.45) is 0 Å². The number of rotatable bonds is 5. The van der Waals surface area contributed by atoms with Crippen molar-refractivity contribution in [3.05, 3.63) is 52.7 Å². The van der Waals surface area contributed by atoms with E-state index in [0.29, 0.717) is 0 Å². The molecule has 1 unspecified atom stereocenters. The molecule has 0 radical (unpaired) electrons. The molecule has 19 heavy (non-hydrogen) atoms. The normalized spacial score (nSPS) is 12.9. The van der Waals surface area contributed by atoms with E-state index in [9.17, 15) is 0 Å². The van der Waals surface area contributed by atoms with Gasteiger partial charge in [0.2, 0.25) is 0 Å². The second kappa shape index (κ2) is 5.55. The maximum atomic E-state index is 5.95. The molecule has 3 nitrogen and oxygen atoms in total. The molecule has 4 heteroatoms. The first-order chi connectivity index (χ1) is 9.36. The number of aromatic nitrogens is 1. The number of furan rings is 1. The summed E-state index contributed by atoms with van der Waals surface area (Å²) in [5.41, 5.74) is 2.82. The van der Waals surface area contributed by atoms with Gasteiger partial charge < -0.3 is 9.73 Å². The molecule has 0 spiro atoms. The largest absolute Gasteiger partial charge is 0.459 e. The monoisotopic (exact) mass is 272 g/mol. The fourth-order valence-corrected chi connectivity index (χ4v) is 2.88. The minimum Gasteiger partial charge on any atom is -0.459 e. The molecule has 0 saturated heterocycles. The van der Waals surface area contributed by atoms with Crippen LogP contribution in [-0.4, -0.2) is 11.5 Å². The Morgan fingerprint density at radius 3 is 3.00 bits per heavy atom. The molecule has 0 bridgehead atoms. The van der Waals surface area contributed by atoms with E-state index in [0.717, 1.165) is 29.7 Å². The topological polar surface area (TPSA) is 38.1 Å². The number of thiazole rings is 1. The van der Waals surface area contributed by atoms with Crippen molar-refractivity contribution in [1.82, 2.24) is 10.3 Å². The predicted molar refractivity (Wildman–Crippen MR) is 78.4 cm³/mol. The van der Waals surface area contributed by atoms with Crippen molar-refractivity contribution in [2.75, 3.05) is 6.54 Å². The van der Waals surface area contributed by atoms with E-state index in [1.807, 2.05) is 29.9 Å². The van der Waals surface area contributed by atoms with Gasteiger partial charge in [0.25, 0.3) is 0 Å². The molecule has 0 aliphatic heterocycles. The summed E-state index contributed by atoms with van der Waals surface area (Å²) >= 11 is 1.69. The second-order valence-corrected chi connectivity index (χ2v) is 5.44. The van der Waals surface area contributed by atoms with Crippen LogP contribution < -0.4 is 5.32 Å². The molecule has 0 aliphatic rings. The number of benzene rings is 1. The Labute approximate surface area is 116 Å². The first kappa shape index (κ1) is 12.4. The van der Waals surface area contributed by atoms with Crippen LogP contribution in [0.1, 0.15) is 23.6 Å². The Bertz CT molecular complexity index is 612. The van der Waals surface area contributed by atoms with Crippen LogP contribution >= 0.6 is 11.3 Å². The summed E-state index contributed by atoms with van der Waals surface area (Å²) in [4.78, 5) is 5.40. The summed E-state index contributed by atoms with van der Waals surface area (Å²) in [6, 6.07) is 10.5. The zero-order valence-electron chi connectivity index (χ0n) is 10.8. The minimum atomic E-state index is 0.206. The van der Waals surface area contributed by atoms with Crippen LogP contribution in [0.5, 0.6) is 0 Å². The van der Waals surface area contributed by atoms with E-state index in [1.165, 1.54) is 4.88 Å². The molecule has 1 aromatic carbocycles.